The molecule has 2 aromatic carbocycles. The average Bonchev–Trinajstić information content (AvgIpc) is 2.98. The summed E-state index contributed by atoms with van der Waals surface area (Å²) in [6.45, 7) is 2.91. The number of urea groups is 1. The first-order valence-electron chi connectivity index (χ1n) is 10.2. The molecule has 0 radical (unpaired) electrons. The van der Waals surface area contributed by atoms with E-state index in [1.165, 1.54) is 10.6 Å². The van der Waals surface area contributed by atoms with Gasteiger partial charge in [0.05, 0.1) is 6.54 Å². The van der Waals surface area contributed by atoms with Crippen LogP contribution in [-0.4, -0.2) is 43.4 Å². The van der Waals surface area contributed by atoms with Crippen molar-refractivity contribution < 1.29 is 14.4 Å². The van der Waals surface area contributed by atoms with Crippen LogP contribution in [0, 0.1) is 6.92 Å². The number of hydrazine groups is 1. The van der Waals surface area contributed by atoms with Crippen LogP contribution in [0.4, 0.5) is 10.5 Å². The molecule has 0 unspecified atom stereocenters. The van der Waals surface area contributed by atoms with E-state index >= 15 is 0 Å². The van der Waals surface area contributed by atoms with E-state index in [-0.39, 0.29) is 18.5 Å². The zero-order valence-electron chi connectivity index (χ0n) is 17.5. The number of amides is 3. The van der Waals surface area contributed by atoms with Crippen LogP contribution in [0.15, 0.2) is 42.5 Å². The van der Waals surface area contributed by atoms with Gasteiger partial charge < -0.3 is 15.0 Å². The molecule has 158 valence electrons. The minimum absolute atomic E-state index is 0.00428. The third kappa shape index (κ3) is 4.86. The van der Waals surface area contributed by atoms with Gasteiger partial charge in [0.1, 0.15) is 6.29 Å². The van der Waals surface area contributed by atoms with Gasteiger partial charge >= 0.3 is 6.03 Å². The Labute approximate surface area is 177 Å². The van der Waals surface area contributed by atoms with E-state index < -0.39 is 0 Å². The highest BCUT2D eigenvalue weighted by molar-refractivity contribution is 6.06. The zero-order valence-corrected chi connectivity index (χ0v) is 17.5. The molecule has 0 saturated heterocycles. The topological polar surface area (TPSA) is 81.8 Å². The maximum Gasteiger partial charge on any atom is 0.332 e. The summed E-state index contributed by atoms with van der Waals surface area (Å²) in [6.07, 6.45) is 3.70. The van der Waals surface area contributed by atoms with Gasteiger partial charge in [-0.15, -0.1) is 0 Å². The maximum absolute atomic E-state index is 13.3. The Morgan fingerprint density at radius 2 is 1.97 bits per heavy atom. The van der Waals surface area contributed by atoms with Gasteiger partial charge in [0.25, 0.3) is 5.91 Å². The van der Waals surface area contributed by atoms with E-state index in [2.05, 4.69) is 16.8 Å². The molecule has 0 bridgehead atoms. The van der Waals surface area contributed by atoms with Crippen molar-refractivity contribution in [2.45, 2.75) is 32.7 Å². The van der Waals surface area contributed by atoms with Crippen molar-refractivity contribution in [2.24, 2.45) is 0 Å². The fourth-order valence-electron chi connectivity index (χ4n) is 3.70. The van der Waals surface area contributed by atoms with Crippen LogP contribution >= 0.6 is 0 Å². The minimum atomic E-state index is -0.384. The number of nitrogens with zero attached hydrogens (tertiary/aromatic N) is 2. The number of nitrogens with one attached hydrogen (secondary N) is 2. The SMILES string of the molecule is CNN(CC=O)C(=O)NCc1ccc(C(=O)N2CCCCc3ccccc32)cc1C. The Morgan fingerprint density at radius 3 is 2.70 bits per heavy atom. The zero-order chi connectivity index (χ0) is 21.5. The Morgan fingerprint density at radius 1 is 1.17 bits per heavy atom. The van der Waals surface area contributed by atoms with Crippen LogP contribution in [0.25, 0.3) is 0 Å². The van der Waals surface area contributed by atoms with E-state index in [4.69, 9.17) is 0 Å². The molecule has 7 heteroatoms. The van der Waals surface area contributed by atoms with Crippen molar-refractivity contribution in [3.8, 4) is 0 Å². The molecule has 0 aliphatic carbocycles. The number of fused-ring (bicyclic) bond motifs is 1. The summed E-state index contributed by atoms with van der Waals surface area (Å²) in [7, 11) is 1.58. The molecule has 0 saturated carbocycles. The van der Waals surface area contributed by atoms with Crippen molar-refractivity contribution in [1.29, 1.82) is 0 Å². The summed E-state index contributed by atoms with van der Waals surface area (Å²) in [5.41, 5.74) is 7.35. The predicted octanol–water partition coefficient (Wildman–Crippen LogP) is 2.82. The second kappa shape index (κ2) is 10.0. The molecule has 1 aliphatic heterocycles. The standard InChI is InChI=1S/C23H28N4O3/c1-17-15-19(10-11-20(17)16-25-23(30)27(24-2)13-14-28)22(29)26-12-6-5-8-18-7-3-4-9-21(18)26/h3-4,7,9-11,14-15,24H,5-6,8,12-13,16H2,1-2H3,(H,25,30). The third-order valence-electron chi connectivity index (χ3n) is 5.40. The Bertz CT molecular complexity index is 928. The van der Waals surface area contributed by atoms with E-state index in [0.717, 1.165) is 36.1 Å². The van der Waals surface area contributed by atoms with E-state index in [9.17, 15) is 14.4 Å². The Balaban J connectivity index is 1.73. The van der Waals surface area contributed by atoms with E-state index in [1.54, 1.807) is 7.05 Å². The van der Waals surface area contributed by atoms with Crippen LogP contribution in [0.5, 0.6) is 0 Å². The molecular formula is C23H28N4O3. The lowest BCUT2D eigenvalue weighted by Gasteiger charge is -2.23. The number of hydrogen-bond donors (Lipinski definition) is 2. The number of anilines is 1. The predicted molar refractivity (Wildman–Crippen MR) is 116 cm³/mol. The number of aldehydes is 1. The molecule has 7 nitrogen and oxygen atoms in total. The fraction of sp³-hybridized carbons (Fsp3) is 0.348. The quantitative estimate of drug-likeness (QED) is 0.569. The summed E-state index contributed by atoms with van der Waals surface area (Å²) in [5, 5.41) is 3.97. The lowest BCUT2D eigenvalue weighted by Crippen LogP contribution is -2.47. The van der Waals surface area contributed by atoms with Gasteiger partial charge in [-0.3, -0.25) is 9.80 Å². The number of rotatable bonds is 6. The molecule has 0 spiro atoms. The summed E-state index contributed by atoms with van der Waals surface area (Å²) in [4.78, 5) is 37.9. The van der Waals surface area contributed by atoms with Gasteiger partial charge in [-0.1, -0.05) is 24.3 Å². The number of carbonyl (C=O) groups is 3. The number of aryl methyl sites for hydroxylation is 2. The van der Waals surface area contributed by atoms with Crippen LogP contribution in [-0.2, 0) is 17.8 Å². The molecule has 0 fully saturated rings. The van der Waals surface area contributed by atoms with Crippen LogP contribution < -0.4 is 15.6 Å². The van der Waals surface area contributed by atoms with Gasteiger partial charge in [0.2, 0.25) is 0 Å². The largest absolute Gasteiger partial charge is 0.333 e. The summed E-state index contributed by atoms with van der Waals surface area (Å²) < 4.78 is 0. The summed E-state index contributed by atoms with van der Waals surface area (Å²) in [5.74, 6) is -0.00428. The highest BCUT2D eigenvalue weighted by Crippen LogP contribution is 2.27. The first kappa shape index (κ1) is 21.5. The van der Waals surface area contributed by atoms with Crippen molar-refractivity contribution in [3.05, 3.63) is 64.7 Å². The van der Waals surface area contributed by atoms with Gasteiger partial charge in [0, 0.05) is 31.4 Å². The van der Waals surface area contributed by atoms with Gasteiger partial charge in [-0.05, 0) is 61.1 Å². The highest BCUT2D eigenvalue weighted by Gasteiger charge is 2.22. The molecule has 0 atom stereocenters. The molecule has 2 N–H and O–H groups in total. The van der Waals surface area contributed by atoms with E-state index in [0.29, 0.717) is 24.9 Å². The van der Waals surface area contributed by atoms with Gasteiger partial charge in [0.15, 0.2) is 0 Å². The molecular weight excluding hydrogens is 380 g/mol. The molecule has 3 amide bonds. The smallest absolute Gasteiger partial charge is 0.332 e. The lowest BCUT2D eigenvalue weighted by atomic mass is 10.0. The Hall–Kier alpha value is -3.19. The molecule has 1 heterocycles. The minimum Gasteiger partial charge on any atom is -0.333 e. The van der Waals surface area contributed by atoms with Gasteiger partial charge in [-0.25, -0.2) is 10.2 Å². The summed E-state index contributed by atoms with van der Waals surface area (Å²) in [6, 6.07) is 13.3. The molecule has 2 aromatic rings. The van der Waals surface area contributed by atoms with Gasteiger partial charge in [-0.2, -0.15) is 0 Å². The fourth-order valence-corrected chi connectivity index (χ4v) is 3.70. The normalized spacial score (nSPS) is 13.2. The number of carbonyl (C=O) groups excluding carboxylic acids is 3. The lowest BCUT2D eigenvalue weighted by molar-refractivity contribution is -0.108. The van der Waals surface area contributed by atoms with Crippen LogP contribution in [0.3, 0.4) is 0 Å². The van der Waals surface area contributed by atoms with Crippen molar-refractivity contribution >= 4 is 23.9 Å². The number of benzene rings is 2. The molecule has 0 aromatic heterocycles. The van der Waals surface area contributed by atoms with Crippen molar-refractivity contribution in [1.82, 2.24) is 15.8 Å². The molecule has 1 aliphatic rings. The first-order valence-corrected chi connectivity index (χ1v) is 10.2. The van der Waals surface area contributed by atoms with Crippen LogP contribution in [0.1, 0.15) is 39.9 Å². The van der Waals surface area contributed by atoms with Crippen molar-refractivity contribution in [3.63, 3.8) is 0 Å². The van der Waals surface area contributed by atoms with Crippen LogP contribution in [0.2, 0.25) is 0 Å². The summed E-state index contributed by atoms with van der Waals surface area (Å²) >= 11 is 0. The monoisotopic (exact) mass is 408 g/mol. The number of hydrogen-bond acceptors (Lipinski definition) is 4. The van der Waals surface area contributed by atoms with E-state index in [1.807, 2.05) is 48.2 Å². The molecule has 3 rings (SSSR count). The maximum atomic E-state index is 13.3. The second-order valence-electron chi connectivity index (χ2n) is 7.34. The first-order chi connectivity index (χ1) is 14.5. The van der Waals surface area contributed by atoms with Crippen molar-refractivity contribution in [2.75, 3.05) is 25.0 Å². The number of para-hydroxylation sites is 1. The Kier molecular flexibility index (Phi) is 7.19. The highest BCUT2D eigenvalue weighted by atomic mass is 16.2. The molecule has 30 heavy (non-hydrogen) atoms. The second-order valence-corrected chi connectivity index (χ2v) is 7.34. The average molecular weight is 409 g/mol. The third-order valence-corrected chi connectivity index (χ3v) is 5.40.